The summed E-state index contributed by atoms with van der Waals surface area (Å²) in [5, 5.41) is 9.05. The zero-order valence-corrected chi connectivity index (χ0v) is 15.0. The number of piperidine rings is 1. The van der Waals surface area contributed by atoms with E-state index in [1.54, 1.807) is 0 Å². The van der Waals surface area contributed by atoms with Crippen molar-refractivity contribution >= 4 is 17.0 Å². The van der Waals surface area contributed by atoms with Crippen LogP contribution in [-0.4, -0.2) is 28.7 Å². The fourth-order valence-electron chi connectivity index (χ4n) is 3.81. The van der Waals surface area contributed by atoms with E-state index in [2.05, 4.69) is 40.7 Å². The molecular weight excluding hydrogens is 322 g/mol. The summed E-state index contributed by atoms with van der Waals surface area (Å²) in [6.45, 7) is 4.00. The molecule has 4 rings (SSSR count). The quantitative estimate of drug-likeness (QED) is 0.789. The molecule has 5 heteroatoms. The van der Waals surface area contributed by atoms with Gasteiger partial charge in [0, 0.05) is 19.1 Å². The summed E-state index contributed by atoms with van der Waals surface area (Å²) in [7, 11) is 0. The molecule has 0 aliphatic carbocycles. The maximum atomic E-state index is 9.05. The van der Waals surface area contributed by atoms with Gasteiger partial charge in [-0.25, -0.2) is 4.98 Å². The summed E-state index contributed by atoms with van der Waals surface area (Å²) in [6, 6.07) is 18.6. The average Bonchev–Trinajstić information content (AvgIpc) is 3.07. The minimum Gasteiger partial charge on any atom is -0.341 e. The molecule has 2 atom stereocenters. The molecule has 1 aromatic heterocycles. The number of fused-ring (bicyclic) bond motifs is 1. The van der Waals surface area contributed by atoms with Crippen LogP contribution in [-0.2, 0) is 0 Å². The molecule has 5 nitrogen and oxygen atoms in total. The number of para-hydroxylation sites is 2. The summed E-state index contributed by atoms with van der Waals surface area (Å²) in [6.07, 6.45) is 2.16. The summed E-state index contributed by atoms with van der Waals surface area (Å²) in [4.78, 5) is 7.25. The van der Waals surface area contributed by atoms with Gasteiger partial charge in [0.15, 0.2) is 0 Å². The Hall–Kier alpha value is -2.84. The Morgan fingerprint density at radius 3 is 2.69 bits per heavy atom. The molecule has 0 radical (unpaired) electrons. The molecular formula is C21H23N5. The van der Waals surface area contributed by atoms with Gasteiger partial charge in [-0.1, -0.05) is 24.3 Å². The van der Waals surface area contributed by atoms with Gasteiger partial charge in [0.05, 0.1) is 28.7 Å². The molecule has 2 N–H and O–H groups in total. The lowest BCUT2D eigenvalue weighted by molar-refractivity contribution is 0.490. The molecule has 2 heterocycles. The van der Waals surface area contributed by atoms with Crippen LogP contribution in [0.1, 0.15) is 36.9 Å². The van der Waals surface area contributed by atoms with E-state index < -0.39 is 0 Å². The van der Waals surface area contributed by atoms with Crippen LogP contribution < -0.4 is 10.6 Å². The van der Waals surface area contributed by atoms with Gasteiger partial charge in [0.2, 0.25) is 5.95 Å². The van der Waals surface area contributed by atoms with E-state index in [0.29, 0.717) is 5.56 Å². The molecule has 1 fully saturated rings. The highest BCUT2D eigenvalue weighted by atomic mass is 15.3. The Bertz CT molecular complexity index is 951. The van der Waals surface area contributed by atoms with Gasteiger partial charge >= 0.3 is 0 Å². The second-order valence-electron chi connectivity index (χ2n) is 7.03. The zero-order valence-electron chi connectivity index (χ0n) is 15.0. The molecule has 0 bridgehead atoms. The third-order valence-electron chi connectivity index (χ3n) is 5.23. The fraction of sp³-hybridized carbons (Fsp3) is 0.333. The minimum atomic E-state index is 0.114. The van der Waals surface area contributed by atoms with Crippen LogP contribution in [0.15, 0.2) is 48.5 Å². The van der Waals surface area contributed by atoms with Crippen molar-refractivity contribution in [2.24, 2.45) is 5.73 Å². The van der Waals surface area contributed by atoms with Gasteiger partial charge < -0.3 is 15.2 Å². The minimum absolute atomic E-state index is 0.114. The Morgan fingerprint density at radius 1 is 1.19 bits per heavy atom. The van der Waals surface area contributed by atoms with Crippen molar-refractivity contribution in [3.8, 4) is 6.07 Å². The summed E-state index contributed by atoms with van der Waals surface area (Å²) >= 11 is 0. The second kappa shape index (κ2) is 6.81. The lowest BCUT2D eigenvalue weighted by atomic mass is 10.1. The molecule has 0 saturated carbocycles. The number of rotatable bonds is 3. The van der Waals surface area contributed by atoms with E-state index in [9.17, 15) is 0 Å². The molecule has 0 unspecified atom stereocenters. The van der Waals surface area contributed by atoms with E-state index in [4.69, 9.17) is 16.0 Å². The SMILES string of the molecule is C[C@H](c1ccc(C#N)cc1)n1c(N2CCC[C@H](N)C2)nc2ccccc21. The van der Waals surface area contributed by atoms with Gasteiger partial charge in [0.25, 0.3) is 0 Å². The predicted molar refractivity (Wildman–Crippen MR) is 104 cm³/mol. The number of imidazole rings is 1. The van der Waals surface area contributed by atoms with Crippen molar-refractivity contribution < 1.29 is 0 Å². The highest BCUT2D eigenvalue weighted by molar-refractivity contribution is 5.79. The summed E-state index contributed by atoms with van der Waals surface area (Å²) < 4.78 is 2.30. The van der Waals surface area contributed by atoms with E-state index >= 15 is 0 Å². The normalized spacial score (nSPS) is 18.7. The van der Waals surface area contributed by atoms with Crippen molar-refractivity contribution in [2.75, 3.05) is 18.0 Å². The van der Waals surface area contributed by atoms with Crippen molar-refractivity contribution in [1.82, 2.24) is 9.55 Å². The average molecular weight is 345 g/mol. The first-order valence-corrected chi connectivity index (χ1v) is 9.15. The van der Waals surface area contributed by atoms with E-state index in [1.807, 2.05) is 30.3 Å². The molecule has 26 heavy (non-hydrogen) atoms. The second-order valence-corrected chi connectivity index (χ2v) is 7.03. The predicted octanol–water partition coefficient (Wildman–Crippen LogP) is 3.44. The van der Waals surface area contributed by atoms with Crippen LogP contribution in [0, 0.1) is 11.3 Å². The number of nitrogens with two attached hydrogens (primary N) is 1. The zero-order chi connectivity index (χ0) is 18.1. The number of hydrogen-bond donors (Lipinski definition) is 1. The highest BCUT2D eigenvalue weighted by Gasteiger charge is 2.25. The maximum absolute atomic E-state index is 9.05. The van der Waals surface area contributed by atoms with Gasteiger partial charge in [-0.3, -0.25) is 0 Å². The van der Waals surface area contributed by atoms with Crippen LogP contribution in [0.5, 0.6) is 0 Å². The topological polar surface area (TPSA) is 70.9 Å². The first kappa shape index (κ1) is 16.6. The smallest absolute Gasteiger partial charge is 0.207 e. The van der Waals surface area contributed by atoms with Gasteiger partial charge in [-0.15, -0.1) is 0 Å². The molecule has 3 aromatic rings. The van der Waals surface area contributed by atoms with Crippen molar-refractivity contribution in [1.29, 1.82) is 5.26 Å². The molecule has 1 saturated heterocycles. The van der Waals surface area contributed by atoms with Crippen LogP contribution in [0.2, 0.25) is 0 Å². The number of benzene rings is 2. The largest absolute Gasteiger partial charge is 0.341 e. The van der Waals surface area contributed by atoms with E-state index in [1.165, 1.54) is 0 Å². The molecule has 0 spiro atoms. The Balaban J connectivity index is 1.81. The van der Waals surface area contributed by atoms with Crippen LogP contribution in [0.25, 0.3) is 11.0 Å². The van der Waals surface area contributed by atoms with Gasteiger partial charge in [-0.2, -0.15) is 5.26 Å². The fourth-order valence-corrected chi connectivity index (χ4v) is 3.81. The van der Waals surface area contributed by atoms with E-state index in [0.717, 1.165) is 48.5 Å². The monoisotopic (exact) mass is 345 g/mol. The molecule has 1 aliphatic rings. The van der Waals surface area contributed by atoms with Crippen molar-refractivity contribution in [3.05, 3.63) is 59.7 Å². The summed E-state index contributed by atoms with van der Waals surface area (Å²) in [5.41, 5.74) is 10.2. The van der Waals surface area contributed by atoms with Crippen molar-refractivity contribution in [2.45, 2.75) is 31.8 Å². The van der Waals surface area contributed by atoms with Gasteiger partial charge in [0.1, 0.15) is 0 Å². The third kappa shape index (κ3) is 2.93. The standard InChI is InChI=1S/C21H23N5/c1-15(17-10-8-16(13-22)9-11-17)26-20-7-3-2-6-19(20)24-21(26)25-12-4-5-18(23)14-25/h2-3,6-11,15,18H,4-5,12,14,23H2,1H3/t15-,18+/m1/s1. The first-order valence-electron chi connectivity index (χ1n) is 9.15. The Morgan fingerprint density at radius 2 is 1.96 bits per heavy atom. The maximum Gasteiger partial charge on any atom is 0.207 e. The lowest BCUT2D eigenvalue weighted by Crippen LogP contribution is -2.44. The number of nitrogens with zero attached hydrogens (tertiary/aromatic N) is 4. The molecule has 2 aromatic carbocycles. The summed E-state index contributed by atoms with van der Waals surface area (Å²) in [5.74, 6) is 0.984. The molecule has 132 valence electrons. The molecule has 1 aliphatic heterocycles. The number of anilines is 1. The van der Waals surface area contributed by atoms with Crippen LogP contribution in [0.3, 0.4) is 0 Å². The highest BCUT2D eigenvalue weighted by Crippen LogP contribution is 2.31. The van der Waals surface area contributed by atoms with Crippen LogP contribution >= 0.6 is 0 Å². The third-order valence-corrected chi connectivity index (χ3v) is 5.23. The molecule has 0 amide bonds. The number of hydrogen-bond acceptors (Lipinski definition) is 4. The Labute approximate surface area is 153 Å². The number of nitriles is 1. The lowest BCUT2D eigenvalue weighted by Gasteiger charge is -2.33. The number of aromatic nitrogens is 2. The Kier molecular flexibility index (Phi) is 4.36. The van der Waals surface area contributed by atoms with Crippen LogP contribution in [0.4, 0.5) is 5.95 Å². The van der Waals surface area contributed by atoms with Gasteiger partial charge in [-0.05, 0) is 49.6 Å². The van der Waals surface area contributed by atoms with E-state index in [-0.39, 0.29) is 12.1 Å². The van der Waals surface area contributed by atoms with Crippen molar-refractivity contribution in [3.63, 3.8) is 0 Å². The first-order chi connectivity index (χ1) is 12.7.